The highest BCUT2D eigenvalue weighted by molar-refractivity contribution is 9.10. The third kappa shape index (κ3) is 1.62. The summed E-state index contributed by atoms with van der Waals surface area (Å²) in [5.74, 6) is -0.259. The predicted molar refractivity (Wildman–Crippen MR) is 71.0 cm³/mol. The fourth-order valence-electron chi connectivity index (χ4n) is 2.54. The fourth-order valence-corrected chi connectivity index (χ4v) is 2.89. The molecule has 1 aromatic carbocycles. The number of nitrogens with zero attached hydrogens (tertiary/aromatic N) is 1. The van der Waals surface area contributed by atoms with Crippen molar-refractivity contribution in [1.29, 1.82) is 0 Å². The highest BCUT2D eigenvalue weighted by Crippen LogP contribution is 2.35. The summed E-state index contributed by atoms with van der Waals surface area (Å²) in [7, 11) is 1.91. The van der Waals surface area contributed by atoms with Crippen molar-refractivity contribution in [2.45, 2.75) is 19.3 Å². The van der Waals surface area contributed by atoms with Gasteiger partial charge in [-0.15, -0.1) is 0 Å². The zero-order chi connectivity index (χ0) is 12.0. The number of benzene rings is 1. The van der Waals surface area contributed by atoms with Crippen molar-refractivity contribution in [2.24, 2.45) is 0 Å². The van der Waals surface area contributed by atoms with E-state index >= 15 is 0 Å². The minimum Gasteiger partial charge on any atom is -0.387 e. The highest BCUT2D eigenvalue weighted by Gasteiger charge is 2.19. The van der Waals surface area contributed by atoms with Crippen molar-refractivity contribution in [3.8, 4) is 0 Å². The van der Waals surface area contributed by atoms with E-state index in [1.807, 2.05) is 13.1 Å². The number of aromatic nitrogens is 1. The Labute approximate surface area is 107 Å². The molecule has 1 aromatic heterocycles. The number of pyridine rings is 1. The molecule has 0 bridgehead atoms. The van der Waals surface area contributed by atoms with Gasteiger partial charge in [0.1, 0.15) is 5.82 Å². The van der Waals surface area contributed by atoms with Crippen LogP contribution in [0.25, 0.3) is 10.9 Å². The molecule has 2 aromatic rings. The van der Waals surface area contributed by atoms with Crippen molar-refractivity contribution in [3.05, 3.63) is 33.7 Å². The lowest BCUT2D eigenvalue weighted by molar-refractivity contribution is 0.622. The Morgan fingerprint density at radius 3 is 2.94 bits per heavy atom. The zero-order valence-corrected chi connectivity index (χ0v) is 11.1. The molecule has 1 aliphatic carbocycles. The molecule has 0 spiro atoms. The average Bonchev–Trinajstić information content (AvgIpc) is 2.75. The molecule has 0 unspecified atom stereocenters. The van der Waals surface area contributed by atoms with E-state index in [0.717, 1.165) is 41.5 Å². The number of nitrogens with one attached hydrogen (secondary N) is 1. The van der Waals surface area contributed by atoms with Crippen LogP contribution in [0.5, 0.6) is 0 Å². The van der Waals surface area contributed by atoms with Gasteiger partial charge in [-0.25, -0.2) is 4.39 Å². The number of hydrogen-bond acceptors (Lipinski definition) is 2. The van der Waals surface area contributed by atoms with Crippen LogP contribution in [0.3, 0.4) is 0 Å². The lowest BCUT2D eigenvalue weighted by Crippen LogP contribution is -1.99. The zero-order valence-electron chi connectivity index (χ0n) is 9.48. The summed E-state index contributed by atoms with van der Waals surface area (Å²) in [6.07, 6.45) is 3.19. The van der Waals surface area contributed by atoms with E-state index in [0.29, 0.717) is 4.47 Å². The monoisotopic (exact) mass is 294 g/mol. The summed E-state index contributed by atoms with van der Waals surface area (Å²) in [6.45, 7) is 0. The first-order chi connectivity index (χ1) is 8.20. The van der Waals surface area contributed by atoms with Gasteiger partial charge in [0.05, 0.1) is 9.99 Å². The smallest absolute Gasteiger partial charge is 0.139 e. The Morgan fingerprint density at radius 1 is 1.35 bits per heavy atom. The summed E-state index contributed by atoms with van der Waals surface area (Å²) in [4.78, 5) is 4.57. The van der Waals surface area contributed by atoms with E-state index in [4.69, 9.17) is 0 Å². The number of fused-ring (bicyclic) bond motifs is 2. The van der Waals surface area contributed by atoms with Gasteiger partial charge < -0.3 is 5.32 Å². The first kappa shape index (κ1) is 11.0. The molecule has 1 heterocycles. The fraction of sp³-hybridized carbons (Fsp3) is 0.308. The lowest BCUT2D eigenvalue weighted by atomic mass is 10.1. The molecule has 0 aliphatic heterocycles. The van der Waals surface area contributed by atoms with Gasteiger partial charge >= 0.3 is 0 Å². The second-order valence-electron chi connectivity index (χ2n) is 4.30. The molecule has 0 fully saturated rings. The van der Waals surface area contributed by atoms with Crippen molar-refractivity contribution in [1.82, 2.24) is 4.98 Å². The Morgan fingerprint density at radius 2 is 2.18 bits per heavy atom. The normalized spacial score (nSPS) is 14.1. The van der Waals surface area contributed by atoms with Gasteiger partial charge in [0.15, 0.2) is 0 Å². The summed E-state index contributed by atoms with van der Waals surface area (Å²) in [6, 6.07) is 3.31. The highest BCUT2D eigenvalue weighted by atomic mass is 79.9. The summed E-state index contributed by atoms with van der Waals surface area (Å²) >= 11 is 3.23. The van der Waals surface area contributed by atoms with Crippen molar-refractivity contribution in [3.63, 3.8) is 0 Å². The van der Waals surface area contributed by atoms with Crippen LogP contribution in [0.1, 0.15) is 17.7 Å². The predicted octanol–water partition coefficient (Wildman–Crippen LogP) is 3.67. The van der Waals surface area contributed by atoms with E-state index in [-0.39, 0.29) is 5.82 Å². The third-order valence-corrected chi connectivity index (χ3v) is 3.91. The quantitative estimate of drug-likeness (QED) is 0.868. The molecule has 0 radical (unpaired) electrons. The van der Waals surface area contributed by atoms with Gasteiger partial charge in [0, 0.05) is 29.9 Å². The van der Waals surface area contributed by atoms with Gasteiger partial charge in [-0.2, -0.15) is 0 Å². The molecule has 1 aliphatic rings. The molecule has 2 nitrogen and oxygen atoms in total. The Hall–Kier alpha value is -1.16. The van der Waals surface area contributed by atoms with Gasteiger partial charge in [0.2, 0.25) is 0 Å². The molecule has 0 atom stereocenters. The van der Waals surface area contributed by atoms with Crippen LogP contribution in [0.15, 0.2) is 16.6 Å². The number of anilines is 1. The lowest BCUT2D eigenvalue weighted by Gasteiger charge is -2.12. The Balaban J connectivity index is 2.41. The largest absolute Gasteiger partial charge is 0.387 e. The SMILES string of the molecule is CNc1c2c(nc3cc(F)c(Br)cc13)CCC2. The van der Waals surface area contributed by atoms with Crippen molar-refractivity contribution < 1.29 is 4.39 Å². The molecule has 17 heavy (non-hydrogen) atoms. The maximum atomic E-state index is 13.5. The number of rotatable bonds is 1. The molecule has 1 N–H and O–H groups in total. The molecule has 0 saturated carbocycles. The van der Waals surface area contributed by atoms with E-state index in [9.17, 15) is 4.39 Å². The van der Waals surface area contributed by atoms with Crippen LogP contribution in [0, 0.1) is 5.82 Å². The van der Waals surface area contributed by atoms with Gasteiger partial charge in [-0.1, -0.05) is 0 Å². The molecule has 0 saturated heterocycles. The Bertz CT molecular complexity index is 610. The number of halogens is 2. The minimum atomic E-state index is -0.259. The van der Waals surface area contributed by atoms with E-state index in [1.165, 1.54) is 11.6 Å². The second kappa shape index (κ2) is 3.95. The van der Waals surface area contributed by atoms with Crippen LogP contribution in [0.4, 0.5) is 10.1 Å². The standard InChI is InChI=1S/C13H12BrFN2/c1-16-13-7-3-2-4-11(7)17-12-6-10(15)9(14)5-8(12)13/h5-6H,2-4H2,1H3,(H,16,17). The van der Waals surface area contributed by atoms with E-state index in [1.54, 1.807) is 0 Å². The third-order valence-electron chi connectivity index (χ3n) is 3.30. The van der Waals surface area contributed by atoms with E-state index < -0.39 is 0 Å². The Kier molecular flexibility index (Phi) is 2.54. The van der Waals surface area contributed by atoms with Crippen LogP contribution in [-0.2, 0) is 12.8 Å². The summed E-state index contributed by atoms with van der Waals surface area (Å²) < 4.78 is 14.0. The molecular formula is C13H12BrFN2. The van der Waals surface area contributed by atoms with Crippen molar-refractivity contribution >= 4 is 32.5 Å². The topological polar surface area (TPSA) is 24.9 Å². The van der Waals surface area contributed by atoms with Crippen LogP contribution in [0.2, 0.25) is 0 Å². The van der Waals surface area contributed by atoms with Gasteiger partial charge in [-0.3, -0.25) is 4.98 Å². The maximum Gasteiger partial charge on any atom is 0.139 e. The minimum absolute atomic E-state index is 0.259. The van der Waals surface area contributed by atoms with Gasteiger partial charge in [-0.05, 0) is 46.8 Å². The summed E-state index contributed by atoms with van der Waals surface area (Å²) in [5, 5.41) is 4.22. The number of hydrogen-bond donors (Lipinski definition) is 1. The molecule has 3 rings (SSSR count). The van der Waals surface area contributed by atoms with Crippen LogP contribution in [-0.4, -0.2) is 12.0 Å². The first-order valence-corrected chi connectivity index (χ1v) is 6.48. The first-order valence-electron chi connectivity index (χ1n) is 5.69. The maximum absolute atomic E-state index is 13.5. The van der Waals surface area contributed by atoms with E-state index in [2.05, 4.69) is 26.2 Å². The summed E-state index contributed by atoms with van der Waals surface area (Å²) in [5.41, 5.74) is 4.24. The molecule has 88 valence electrons. The van der Waals surface area contributed by atoms with Crippen LogP contribution < -0.4 is 5.32 Å². The molecule has 4 heteroatoms. The second-order valence-corrected chi connectivity index (χ2v) is 5.15. The molecular weight excluding hydrogens is 283 g/mol. The number of aryl methyl sites for hydroxylation is 1. The van der Waals surface area contributed by atoms with Crippen molar-refractivity contribution in [2.75, 3.05) is 12.4 Å². The van der Waals surface area contributed by atoms with Crippen LogP contribution >= 0.6 is 15.9 Å². The van der Waals surface area contributed by atoms with Gasteiger partial charge in [0.25, 0.3) is 0 Å². The average molecular weight is 295 g/mol. The molecule has 0 amide bonds.